The fourth-order valence-electron chi connectivity index (χ4n) is 2.91. The number of fused-ring (bicyclic) bond motifs is 1. The average Bonchev–Trinajstić information content (AvgIpc) is 3.12. The van der Waals surface area contributed by atoms with E-state index in [0.717, 1.165) is 18.6 Å². The van der Waals surface area contributed by atoms with Crippen molar-refractivity contribution in [2.24, 2.45) is 0 Å². The molecule has 3 rings (SSSR count). The number of nitrogens with one attached hydrogen (secondary N) is 1. The Balaban J connectivity index is 1.69. The lowest BCUT2D eigenvalue weighted by molar-refractivity contribution is 0.164. The van der Waals surface area contributed by atoms with Crippen LogP contribution in [-0.2, 0) is 12.0 Å². The van der Waals surface area contributed by atoms with Gasteiger partial charge in [-0.2, -0.15) is 0 Å². The Morgan fingerprint density at radius 3 is 2.95 bits per heavy atom. The number of aliphatic hydroxyl groups excluding tert-OH is 1. The average molecular weight is 269 g/mol. The molecule has 0 fully saturated rings. The van der Waals surface area contributed by atoms with E-state index in [-0.39, 0.29) is 12.1 Å². The van der Waals surface area contributed by atoms with E-state index in [9.17, 15) is 5.11 Å². The van der Waals surface area contributed by atoms with Gasteiger partial charge in [-0.3, -0.25) is 0 Å². The fourth-order valence-corrected chi connectivity index (χ4v) is 2.91. The third-order valence-electron chi connectivity index (χ3n) is 4.01. The fraction of sp³-hybridized carbons (Fsp3) is 0.294. The third kappa shape index (κ3) is 2.42. The van der Waals surface area contributed by atoms with Crippen molar-refractivity contribution in [1.29, 1.82) is 0 Å². The molecule has 1 aromatic carbocycles. The Bertz CT molecular complexity index is 589. The summed E-state index contributed by atoms with van der Waals surface area (Å²) < 4.78 is 5.25. The van der Waals surface area contributed by atoms with Crippen LogP contribution in [0.2, 0.25) is 0 Å². The van der Waals surface area contributed by atoms with Crippen LogP contribution in [0.4, 0.5) is 0 Å². The van der Waals surface area contributed by atoms with Gasteiger partial charge in [0.15, 0.2) is 0 Å². The molecule has 1 aliphatic rings. The molecule has 0 amide bonds. The summed E-state index contributed by atoms with van der Waals surface area (Å²) in [5.41, 5.74) is 2.27. The second-order valence-electron chi connectivity index (χ2n) is 5.20. The Labute approximate surface area is 118 Å². The van der Waals surface area contributed by atoms with E-state index in [2.05, 4.69) is 23.5 Å². The molecule has 0 radical (unpaired) electrons. The van der Waals surface area contributed by atoms with Crippen LogP contribution in [0.5, 0.6) is 0 Å². The number of aliphatic hydroxyl groups is 1. The van der Waals surface area contributed by atoms with Gasteiger partial charge in [-0.1, -0.05) is 30.3 Å². The molecule has 2 N–H and O–H groups in total. The molecule has 1 aliphatic carbocycles. The monoisotopic (exact) mass is 269 g/mol. The van der Waals surface area contributed by atoms with Crippen molar-refractivity contribution in [2.45, 2.75) is 18.4 Å². The molecular formula is C17H19NO2. The summed E-state index contributed by atoms with van der Waals surface area (Å²) in [6.45, 7) is 0.828. The normalized spacial score (nSPS) is 21.4. The van der Waals surface area contributed by atoms with E-state index >= 15 is 0 Å². The molecule has 3 heteroatoms. The van der Waals surface area contributed by atoms with E-state index in [1.807, 2.05) is 30.4 Å². The van der Waals surface area contributed by atoms with Gasteiger partial charge < -0.3 is 14.8 Å². The molecule has 1 aromatic heterocycles. The van der Waals surface area contributed by atoms with Crippen molar-refractivity contribution < 1.29 is 9.52 Å². The van der Waals surface area contributed by atoms with Crippen LogP contribution in [0, 0.1) is 0 Å². The van der Waals surface area contributed by atoms with E-state index in [1.54, 1.807) is 6.26 Å². The first-order chi connectivity index (χ1) is 9.84. The summed E-state index contributed by atoms with van der Waals surface area (Å²) >= 11 is 0. The zero-order valence-corrected chi connectivity index (χ0v) is 11.4. The molecule has 20 heavy (non-hydrogen) atoms. The molecule has 3 nitrogen and oxygen atoms in total. The van der Waals surface area contributed by atoms with Crippen LogP contribution in [0.1, 0.15) is 23.3 Å². The van der Waals surface area contributed by atoms with E-state index in [4.69, 9.17) is 4.42 Å². The molecule has 0 saturated heterocycles. The standard InChI is InChI=1S/C17H19NO2/c19-13-17(10-9-14-5-1-2-8-16(14)17)18-11-3-6-15-7-4-12-20-15/h1-8,12,18-19H,9-11,13H2/b6-3+. The van der Waals surface area contributed by atoms with Gasteiger partial charge in [0.1, 0.15) is 5.76 Å². The summed E-state index contributed by atoms with van der Waals surface area (Å²) in [7, 11) is 0. The van der Waals surface area contributed by atoms with Gasteiger partial charge in [0.2, 0.25) is 0 Å². The van der Waals surface area contributed by atoms with Gasteiger partial charge in [0.25, 0.3) is 0 Å². The van der Waals surface area contributed by atoms with Crippen molar-refractivity contribution in [3.8, 4) is 0 Å². The minimum atomic E-state index is -0.301. The first kappa shape index (κ1) is 13.2. The Hall–Kier alpha value is -1.84. The summed E-state index contributed by atoms with van der Waals surface area (Å²) in [6.07, 6.45) is 7.59. The molecule has 104 valence electrons. The van der Waals surface area contributed by atoms with Crippen LogP contribution in [0.15, 0.2) is 53.2 Å². The highest BCUT2D eigenvalue weighted by Crippen LogP contribution is 2.36. The minimum Gasteiger partial charge on any atom is -0.465 e. The maximum atomic E-state index is 9.84. The second-order valence-corrected chi connectivity index (χ2v) is 5.20. The largest absolute Gasteiger partial charge is 0.465 e. The lowest BCUT2D eigenvalue weighted by atomic mass is 9.92. The third-order valence-corrected chi connectivity index (χ3v) is 4.01. The van der Waals surface area contributed by atoms with Gasteiger partial charge >= 0.3 is 0 Å². The molecule has 2 aromatic rings. The number of benzene rings is 1. The van der Waals surface area contributed by atoms with E-state index in [0.29, 0.717) is 6.54 Å². The topological polar surface area (TPSA) is 45.4 Å². The van der Waals surface area contributed by atoms with Crippen molar-refractivity contribution in [3.63, 3.8) is 0 Å². The van der Waals surface area contributed by atoms with Crippen molar-refractivity contribution in [1.82, 2.24) is 5.32 Å². The first-order valence-electron chi connectivity index (χ1n) is 6.98. The highest BCUT2D eigenvalue weighted by Gasteiger charge is 2.37. The zero-order valence-electron chi connectivity index (χ0n) is 11.4. The first-order valence-corrected chi connectivity index (χ1v) is 6.98. The Morgan fingerprint density at radius 1 is 1.25 bits per heavy atom. The highest BCUT2D eigenvalue weighted by atomic mass is 16.3. The maximum Gasteiger partial charge on any atom is 0.126 e. The van der Waals surface area contributed by atoms with Gasteiger partial charge in [-0.25, -0.2) is 0 Å². The molecule has 0 saturated carbocycles. The Kier molecular flexibility index (Phi) is 3.72. The lowest BCUT2D eigenvalue weighted by Crippen LogP contribution is -2.43. The molecule has 1 heterocycles. The summed E-state index contributed by atoms with van der Waals surface area (Å²) in [5.74, 6) is 0.844. The molecule has 1 atom stereocenters. The number of furan rings is 1. The van der Waals surface area contributed by atoms with Crippen molar-refractivity contribution in [2.75, 3.05) is 13.2 Å². The van der Waals surface area contributed by atoms with E-state index < -0.39 is 0 Å². The predicted molar refractivity (Wildman–Crippen MR) is 79.3 cm³/mol. The summed E-state index contributed by atoms with van der Waals surface area (Å²) in [6, 6.07) is 12.1. The quantitative estimate of drug-likeness (QED) is 0.877. The number of hydrogen-bond donors (Lipinski definition) is 2. The Morgan fingerprint density at radius 2 is 2.15 bits per heavy atom. The van der Waals surface area contributed by atoms with Gasteiger partial charge in [-0.05, 0) is 42.2 Å². The van der Waals surface area contributed by atoms with E-state index in [1.165, 1.54) is 11.1 Å². The highest BCUT2D eigenvalue weighted by molar-refractivity contribution is 5.43. The molecule has 1 unspecified atom stereocenters. The minimum absolute atomic E-state index is 0.124. The van der Waals surface area contributed by atoms with Gasteiger partial charge in [0, 0.05) is 6.54 Å². The smallest absolute Gasteiger partial charge is 0.126 e. The van der Waals surface area contributed by atoms with Crippen molar-refractivity contribution >= 4 is 6.08 Å². The summed E-state index contributed by atoms with van der Waals surface area (Å²) in [4.78, 5) is 0. The van der Waals surface area contributed by atoms with Crippen LogP contribution < -0.4 is 5.32 Å². The SMILES string of the molecule is OCC1(NC/C=C/c2ccco2)CCc2ccccc21. The van der Waals surface area contributed by atoms with Gasteiger partial charge in [-0.15, -0.1) is 0 Å². The van der Waals surface area contributed by atoms with Crippen LogP contribution >= 0.6 is 0 Å². The molecule has 0 aliphatic heterocycles. The predicted octanol–water partition coefficient (Wildman–Crippen LogP) is 2.72. The zero-order chi connectivity index (χ0) is 13.8. The van der Waals surface area contributed by atoms with Crippen LogP contribution in [0.25, 0.3) is 6.08 Å². The van der Waals surface area contributed by atoms with Crippen LogP contribution in [0.3, 0.4) is 0 Å². The van der Waals surface area contributed by atoms with Gasteiger partial charge in [0.05, 0.1) is 18.4 Å². The number of rotatable bonds is 5. The number of aryl methyl sites for hydroxylation is 1. The molecular weight excluding hydrogens is 250 g/mol. The maximum absolute atomic E-state index is 9.84. The molecule has 0 spiro atoms. The molecule has 0 bridgehead atoms. The van der Waals surface area contributed by atoms with Crippen molar-refractivity contribution in [3.05, 3.63) is 65.6 Å². The summed E-state index contributed by atoms with van der Waals surface area (Å²) in [5, 5.41) is 13.3. The second kappa shape index (κ2) is 5.65. The van der Waals surface area contributed by atoms with Crippen LogP contribution in [-0.4, -0.2) is 18.3 Å². The lowest BCUT2D eigenvalue weighted by Gasteiger charge is -2.29. The number of hydrogen-bond acceptors (Lipinski definition) is 3.